The average molecular weight is 187 g/mol. The van der Waals surface area contributed by atoms with Crippen LogP contribution in [-0.4, -0.2) is 11.7 Å². The van der Waals surface area contributed by atoms with Gasteiger partial charge in [-0.3, -0.25) is 0 Å². The van der Waals surface area contributed by atoms with E-state index in [-0.39, 0.29) is 6.61 Å². The van der Waals surface area contributed by atoms with Crippen molar-refractivity contribution >= 4 is 16.5 Å². The Bertz CT molecular complexity index is 451. The minimum atomic E-state index is 0.175. The summed E-state index contributed by atoms with van der Waals surface area (Å²) in [5.74, 6) is 0. The number of benzene rings is 2. The van der Waals surface area contributed by atoms with E-state index >= 15 is 0 Å². The van der Waals surface area contributed by atoms with Crippen LogP contribution in [-0.2, 0) is 6.42 Å². The van der Waals surface area contributed by atoms with Crippen molar-refractivity contribution in [2.45, 2.75) is 6.42 Å². The largest absolute Gasteiger partial charge is 0.398 e. The molecule has 0 saturated heterocycles. The van der Waals surface area contributed by atoms with Crippen LogP contribution in [0.1, 0.15) is 5.56 Å². The molecule has 2 aromatic rings. The Kier molecular flexibility index (Phi) is 2.37. The molecule has 0 aliphatic heterocycles. The fourth-order valence-corrected chi connectivity index (χ4v) is 1.74. The number of aliphatic hydroxyl groups is 1. The van der Waals surface area contributed by atoms with Crippen LogP contribution in [0.3, 0.4) is 0 Å². The first-order chi connectivity index (χ1) is 6.83. The summed E-state index contributed by atoms with van der Waals surface area (Å²) in [6, 6.07) is 11.9. The van der Waals surface area contributed by atoms with E-state index in [2.05, 4.69) is 0 Å². The van der Waals surface area contributed by atoms with Gasteiger partial charge in [0.1, 0.15) is 0 Å². The zero-order chi connectivity index (χ0) is 9.97. The van der Waals surface area contributed by atoms with Crippen molar-refractivity contribution in [3.05, 3.63) is 42.0 Å². The predicted molar refractivity (Wildman–Crippen MR) is 59.2 cm³/mol. The molecular weight excluding hydrogens is 174 g/mol. The van der Waals surface area contributed by atoms with Gasteiger partial charge in [-0.15, -0.1) is 0 Å². The summed E-state index contributed by atoms with van der Waals surface area (Å²) < 4.78 is 0. The summed E-state index contributed by atoms with van der Waals surface area (Å²) in [6.45, 7) is 0.175. The van der Waals surface area contributed by atoms with Crippen LogP contribution in [0.25, 0.3) is 10.8 Å². The first-order valence-corrected chi connectivity index (χ1v) is 4.70. The van der Waals surface area contributed by atoms with Crippen LogP contribution in [0.2, 0.25) is 0 Å². The van der Waals surface area contributed by atoms with Gasteiger partial charge in [-0.2, -0.15) is 0 Å². The summed E-state index contributed by atoms with van der Waals surface area (Å²) in [7, 11) is 0. The first-order valence-electron chi connectivity index (χ1n) is 4.70. The summed E-state index contributed by atoms with van der Waals surface area (Å²) in [4.78, 5) is 0. The van der Waals surface area contributed by atoms with E-state index in [1.165, 1.54) is 0 Å². The Morgan fingerprint density at radius 2 is 1.71 bits per heavy atom. The van der Waals surface area contributed by atoms with Gasteiger partial charge in [-0.05, 0) is 23.4 Å². The molecule has 2 nitrogen and oxygen atoms in total. The fraction of sp³-hybridized carbons (Fsp3) is 0.167. The highest BCUT2D eigenvalue weighted by Crippen LogP contribution is 2.24. The van der Waals surface area contributed by atoms with E-state index in [9.17, 15) is 0 Å². The molecule has 0 aliphatic rings. The van der Waals surface area contributed by atoms with Gasteiger partial charge in [0.05, 0.1) is 0 Å². The molecule has 0 atom stereocenters. The summed E-state index contributed by atoms with van der Waals surface area (Å²) in [5, 5.41) is 11.1. The number of anilines is 1. The molecule has 2 aromatic carbocycles. The second-order valence-corrected chi connectivity index (χ2v) is 3.33. The van der Waals surface area contributed by atoms with Gasteiger partial charge >= 0.3 is 0 Å². The van der Waals surface area contributed by atoms with Crippen molar-refractivity contribution in [2.75, 3.05) is 12.3 Å². The number of aliphatic hydroxyl groups excluding tert-OH is 1. The maximum atomic E-state index is 8.92. The molecule has 0 spiro atoms. The van der Waals surface area contributed by atoms with Gasteiger partial charge < -0.3 is 10.8 Å². The number of nitrogens with two attached hydrogens (primary N) is 1. The van der Waals surface area contributed by atoms with Crippen LogP contribution in [0.5, 0.6) is 0 Å². The third-order valence-electron chi connectivity index (χ3n) is 2.43. The van der Waals surface area contributed by atoms with Crippen LogP contribution in [0, 0.1) is 0 Å². The molecule has 0 aromatic heterocycles. The van der Waals surface area contributed by atoms with Crippen LogP contribution < -0.4 is 5.73 Å². The number of rotatable bonds is 2. The Hall–Kier alpha value is -1.54. The molecule has 0 heterocycles. The Morgan fingerprint density at radius 3 is 2.50 bits per heavy atom. The third-order valence-corrected chi connectivity index (χ3v) is 2.43. The van der Waals surface area contributed by atoms with Crippen molar-refractivity contribution < 1.29 is 5.11 Å². The van der Waals surface area contributed by atoms with Gasteiger partial charge in [0.2, 0.25) is 0 Å². The average Bonchev–Trinajstić information content (AvgIpc) is 2.20. The van der Waals surface area contributed by atoms with Gasteiger partial charge in [-0.25, -0.2) is 0 Å². The van der Waals surface area contributed by atoms with Crippen LogP contribution in [0.15, 0.2) is 36.4 Å². The quantitative estimate of drug-likeness (QED) is 0.706. The molecule has 0 saturated carbocycles. The van der Waals surface area contributed by atoms with Crippen molar-refractivity contribution in [1.29, 1.82) is 0 Å². The minimum absolute atomic E-state index is 0.175. The summed E-state index contributed by atoms with van der Waals surface area (Å²) >= 11 is 0. The SMILES string of the molecule is Nc1cccc2c(CCO)cccc12. The third kappa shape index (κ3) is 1.44. The molecule has 14 heavy (non-hydrogen) atoms. The number of fused-ring (bicyclic) bond motifs is 1. The predicted octanol–water partition coefficient (Wildman–Crippen LogP) is 1.96. The Balaban J connectivity index is 2.68. The number of hydrogen-bond acceptors (Lipinski definition) is 2. The monoisotopic (exact) mass is 187 g/mol. The van der Waals surface area contributed by atoms with Gasteiger partial charge in [0.25, 0.3) is 0 Å². The Morgan fingerprint density at radius 1 is 1.00 bits per heavy atom. The van der Waals surface area contributed by atoms with E-state index in [1.54, 1.807) is 0 Å². The maximum absolute atomic E-state index is 8.92. The van der Waals surface area contributed by atoms with Crippen molar-refractivity contribution in [3.8, 4) is 0 Å². The molecule has 0 bridgehead atoms. The molecular formula is C12H13NO. The van der Waals surface area contributed by atoms with E-state index in [1.807, 2.05) is 36.4 Å². The molecule has 0 amide bonds. The van der Waals surface area contributed by atoms with E-state index in [4.69, 9.17) is 10.8 Å². The summed E-state index contributed by atoms with van der Waals surface area (Å²) in [5.41, 5.74) is 7.80. The number of hydrogen-bond donors (Lipinski definition) is 2. The van der Waals surface area contributed by atoms with Crippen molar-refractivity contribution in [2.24, 2.45) is 0 Å². The molecule has 3 N–H and O–H groups in total. The van der Waals surface area contributed by atoms with Crippen LogP contribution >= 0.6 is 0 Å². The van der Waals surface area contributed by atoms with Crippen LogP contribution in [0.4, 0.5) is 5.69 Å². The lowest BCUT2D eigenvalue weighted by molar-refractivity contribution is 0.300. The van der Waals surface area contributed by atoms with E-state index in [0.29, 0.717) is 6.42 Å². The fourth-order valence-electron chi connectivity index (χ4n) is 1.74. The number of nitrogen functional groups attached to an aromatic ring is 1. The van der Waals surface area contributed by atoms with Crippen molar-refractivity contribution in [3.63, 3.8) is 0 Å². The summed E-state index contributed by atoms with van der Waals surface area (Å²) in [6.07, 6.45) is 0.681. The minimum Gasteiger partial charge on any atom is -0.398 e. The first kappa shape index (κ1) is 9.03. The van der Waals surface area contributed by atoms with Crippen molar-refractivity contribution in [1.82, 2.24) is 0 Å². The molecule has 2 heteroatoms. The molecule has 0 unspecified atom stereocenters. The lowest BCUT2D eigenvalue weighted by Crippen LogP contribution is -1.93. The standard InChI is InChI=1S/C12H13NO/c13-12-6-2-4-10-9(7-8-14)3-1-5-11(10)12/h1-6,14H,7-8,13H2. The van der Waals surface area contributed by atoms with Gasteiger partial charge in [-0.1, -0.05) is 30.3 Å². The van der Waals surface area contributed by atoms with Gasteiger partial charge in [0, 0.05) is 17.7 Å². The maximum Gasteiger partial charge on any atom is 0.0471 e. The highest BCUT2D eigenvalue weighted by atomic mass is 16.2. The highest BCUT2D eigenvalue weighted by molar-refractivity contribution is 5.94. The topological polar surface area (TPSA) is 46.2 Å². The molecule has 0 aliphatic carbocycles. The van der Waals surface area contributed by atoms with Gasteiger partial charge in [0.15, 0.2) is 0 Å². The Labute approximate surface area is 83.0 Å². The highest BCUT2D eigenvalue weighted by Gasteiger charge is 2.01. The lowest BCUT2D eigenvalue weighted by Gasteiger charge is -2.06. The normalized spacial score (nSPS) is 10.6. The van der Waals surface area contributed by atoms with E-state index < -0.39 is 0 Å². The molecule has 72 valence electrons. The molecule has 2 rings (SSSR count). The zero-order valence-electron chi connectivity index (χ0n) is 7.90. The molecule has 0 fully saturated rings. The second kappa shape index (κ2) is 3.68. The lowest BCUT2D eigenvalue weighted by atomic mass is 10.0. The van der Waals surface area contributed by atoms with E-state index in [0.717, 1.165) is 22.0 Å². The molecule has 0 radical (unpaired) electrons. The smallest absolute Gasteiger partial charge is 0.0471 e. The zero-order valence-corrected chi connectivity index (χ0v) is 7.90. The second-order valence-electron chi connectivity index (χ2n) is 3.33.